The normalized spacial score (nSPS) is 12.2. The topological polar surface area (TPSA) is 95.1 Å². The summed E-state index contributed by atoms with van der Waals surface area (Å²) in [5.74, 6) is -1.06. The molecular formula is C21H20F4N6O. The molecule has 0 aliphatic rings. The van der Waals surface area contributed by atoms with Crippen LogP contribution in [0, 0.1) is 11.7 Å². The number of aliphatic imine (C=N–C) groups is 1. The van der Waals surface area contributed by atoms with Crippen molar-refractivity contribution in [1.82, 2.24) is 20.5 Å². The summed E-state index contributed by atoms with van der Waals surface area (Å²) in [6.07, 6.45) is -3.84. The van der Waals surface area contributed by atoms with Crippen LogP contribution in [0.15, 0.2) is 53.7 Å². The highest BCUT2D eigenvalue weighted by Crippen LogP contribution is 2.30. The molecular weight excluding hydrogens is 428 g/mol. The average molecular weight is 448 g/mol. The van der Waals surface area contributed by atoms with Gasteiger partial charge in [0.1, 0.15) is 11.6 Å². The lowest BCUT2D eigenvalue weighted by molar-refractivity contribution is -0.141. The van der Waals surface area contributed by atoms with E-state index in [1.54, 1.807) is 18.2 Å². The molecule has 0 atom stereocenters. The van der Waals surface area contributed by atoms with Crippen LogP contribution in [0.25, 0.3) is 11.3 Å². The summed E-state index contributed by atoms with van der Waals surface area (Å²) >= 11 is 0. The zero-order valence-electron chi connectivity index (χ0n) is 17.2. The van der Waals surface area contributed by atoms with Crippen LogP contribution in [0.2, 0.25) is 0 Å². The summed E-state index contributed by atoms with van der Waals surface area (Å²) in [4.78, 5) is 19.6. The van der Waals surface area contributed by atoms with Crippen LogP contribution in [0.3, 0.4) is 0 Å². The van der Waals surface area contributed by atoms with Gasteiger partial charge in [0, 0.05) is 24.4 Å². The highest BCUT2D eigenvalue weighted by molar-refractivity contribution is 6.07. The molecule has 0 radical (unpaired) electrons. The molecule has 3 N–H and O–H groups in total. The molecule has 0 aliphatic heterocycles. The second-order valence-electron chi connectivity index (χ2n) is 7.24. The number of amides is 1. The highest BCUT2D eigenvalue weighted by Gasteiger charge is 2.37. The molecule has 0 fully saturated rings. The molecule has 3 rings (SSSR count). The van der Waals surface area contributed by atoms with Gasteiger partial charge in [-0.05, 0) is 42.3 Å². The van der Waals surface area contributed by atoms with E-state index in [1.165, 1.54) is 18.2 Å². The number of alkyl halides is 3. The number of benzene rings is 1. The van der Waals surface area contributed by atoms with E-state index in [9.17, 15) is 22.4 Å². The minimum Gasteiger partial charge on any atom is -0.355 e. The number of aromatic amines is 1. The van der Waals surface area contributed by atoms with E-state index in [0.717, 1.165) is 12.3 Å². The third kappa shape index (κ3) is 5.90. The lowest BCUT2D eigenvalue weighted by atomic mass is 10.1. The number of hydrogen-bond donors (Lipinski definition) is 3. The van der Waals surface area contributed by atoms with Crippen molar-refractivity contribution < 1.29 is 22.4 Å². The number of rotatable bonds is 5. The minimum absolute atomic E-state index is 0.0602. The van der Waals surface area contributed by atoms with Gasteiger partial charge in [0.2, 0.25) is 5.96 Å². The van der Waals surface area contributed by atoms with E-state index in [4.69, 9.17) is 0 Å². The van der Waals surface area contributed by atoms with Gasteiger partial charge in [0.15, 0.2) is 5.69 Å². The Hall–Kier alpha value is -3.76. The fraction of sp³-hybridized carbons (Fsp3) is 0.238. The molecule has 0 spiro atoms. The Balaban J connectivity index is 1.87. The number of halogens is 4. The van der Waals surface area contributed by atoms with Gasteiger partial charge in [0.05, 0.1) is 11.3 Å². The van der Waals surface area contributed by atoms with Gasteiger partial charge in [-0.3, -0.25) is 14.9 Å². The molecule has 0 aliphatic carbocycles. The first-order chi connectivity index (χ1) is 15.1. The highest BCUT2D eigenvalue weighted by atomic mass is 19.4. The van der Waals surface area contributed by atoms with E-state index in [-0.39, 0.29) is 17.7 Å². The first-order valence-electron chi connectivity index (χ1n) is 9.61. The first kappa shape index (κ1) is 22.9. The second-order valence-corrected chi connectivity index (χ2v) is 7.24. The smallest absolute Gasteiger partial charge is 0.355 e. The summed E-state index contributed by atoms with van der Waals surface area (Å²) in [5.41, 5.74) is -0.835. The lowest BCUT2D eigenvalue weighted by Crippen LogP contribution is -2.34. The summed E-state index contributed by atoms with van der Waals surface area (Å²) in [6, 6.07) is 9.52. The van der Waals surface area contributed by atoms with Gasteiger partial charge >= 0.3 is 6.18 Å². The molecule has 0 saturated heterocycles. The van der Waals surface area contributed by atoms with E-state index in [1.807, 2.05) is 13.8 Å². The van der Waals surface area contributed by atoms with Gasteiger partial charge in [-0.15, -0.1) is 0 Å². The first-order valence-corrected chi connectivity index (χ1v) is 9.61. The number of carbonyl (C=O) groups is 1. The molecule has 0 bridgehead atoms. The summed E-state index contributed by atoms with van der Waals surface area (Å²) in [5, 5.41) is 12.5. The third-order valence-electron chi connectivity index (χ3n) is 4.17. The van der Waals surface area contributed by atoms with Crippen molar-refractivity contribution in [2.24, 2.45) is 10.9 Å². The molecule has 3 aromatic rings. The van der Waals surface area contributed by atoms with Gasteiger partial charge in [-0.25, -0.2) is 4.39 Å². The van der Waals surface area contributed by atoms with Crippen molar-refractivity contribution >= 4 is 17.7 Å². The third-order valence-corrected chi connectivity index (χ3v) is 4.17. The maximum Gasteiger partial charge on any atom is 0.434 e. The second kappa shape index (κ2) is 9.58. The van der Waals surface area contributed by atoms with Crippen LogP contribution < -0.4 is 10.6 Å². The number of aromatic nitrogens is 3. The number of nitrogens with zero attached hydrogens (tertiary/aromatic N) is 3. The van der Waals surface area contributed by atoms with Crippen molar-refractivity contribution in [3.63, 3.8) is 0 Å². The van der Waals surface area contributed by atoms with Gasteiger partial charge in [0.25, 0.3) is 5.91 Å². The Morgan fingerprint density at radius 1 is 1.19 bits per heavy atom. The van der Waals surface area contributed by atoms with Gasteiger partial charge in [-0.1, -0.05) is 13.8 Å². The average Bonchev–Trinajstić information content (AvgIpc) is 3.20. The number of H-pyrrole nitrogens is 1. The SMILES string of the molecule is CC(C)CN/C(=N/C(=O)c1cccnc1C(F)(F)F)Nc1cc(-c2ccc(F)cc2)n[nH]1. The van der Waals surface area contributed by atoms with E-state index < -0.39 is 23.3 Å². The molecule has 1 amide bonds. The summed E-state index contributed by atoms with van der Waals surface area (Å²) in [7, 11) is 0. The predicted octanol–water partition coefficient (Wildman–Crippen LogP) is 4.48. The Morgan fingerprint density at radius 3 is 2.56 bits per heavy atom. The van der Waals surface area contributed by atoms with E-state index in [2.05, 4.69) is 30.8 Å². The van der Waals surface area contributed by atoms with Crippen molar-refractivity contribution in [3.8, 4) is 11.3 Å². The van der Waals surface area contributed by atoms with Crippen LogP contribution in [-0.4, -0.2) is 33.6 Å². The number of anilines is 1. The van der Waals surface area contributed by atoms with E-state index in [0.29, 0.717) is 23.6 Å². The van der Waals surface area contributed by atoms with Crippen LogP contribution in [0.4, 0.5) is 23.4 Å². The monoisotopic (exact) mass is 448 g/mol. The Kier molecular flexibility index (Phi) is 6.86. The standard InChI is InChI=1S/C21H20F4N6O/c1-12(2)11-27-20(29-19(32)15-4-3-9-26-18(15)21(23,24)25)28-17-10-16(30-31-17)13-5-7-14(22)8-6-13/h3-10,12H,11H2,1-2H3,(H3,27,28,29,30,31,32). The van der Waals surface area contributed by atoms with Crippen molar-refractivity contribution in [1.29, 1.82) is 0 Å². The summed E-state index contributed by atoms with van der Waals surface area (Å²) < 4.78 is 52.7. The van der Waals surface area contributed by atoms with Crippen LogP contribution >= 0.6 is 0 Å². The minimum atomic E-state index is -4.80. The van der Waals surface area contributed by atoms with Crippen molar-refractivity contribution in [3.05, 3.63) is 65.7 Å². The quantitative estimate of drug-likeness (QED) is 0.304. The molecule has 7 nitrogen and oxygen atoms in total. The van der Waals surface area contributed by atoms with Crippen LogP contribution in [0.1, 0.15) is 29.9 Å². The van der Waals surface area contributed by atoms with E-state index >= 15 is 0 Å². The molecule has 0 unspecified atom stereocenters. The fourth-order valence-electron chi connectivity index (χ4n) is 2.66. The molecule has 32 heavy (non-hydrogen) atoms. The Bertz CT molecular complexity index is 1110. The number of carbonyl (C=O) groups excluding carboxylic acids is 1. The predicted molar refractivity (Wildman–Crippen MR) is 111 cm³/mol. The van der Waals surface area contributed by atoms with Gasteiger partial charge < -0.3 is 10.6 Å². The fourth-order valence-corrected chi connectivity index (χ4v) is 2.66. The molecule has 11 heteroatoms. The lowest BCUT2D eigenvalue weighted by Gasteiger charge is -2.13. The number of pyridine rings is 1. The van der Waals surface area contributed by atoms with Crippen LogP contribution in [0.5, 0.6) is 0 Å². The Labute approximate surface area is 181 Å². The zero-order chi connectivity index (χ0) is 23.3. The zero-order valence-corrected chi connectivity index (χ0v) is 17.2. The molecule has 2 aromatic heterocycles. The molecule has 168 valence electrons. The van der Waals surface area contributed by atoms with Gasteiger partial charge in [-0.2, -0.15) is 23.3 Å². The van der Waals surface area contributed by atoms with Crippen molar-refractivity contribution in [2.45, 2.75) is 20.0 Å². The number of hydrogen-bond acceptors (Lipinski definition) is 3. The molecule has 0 saturated carbocycles. The Morgan fingerprint density at radius 2 is 1.91 bits per heavy atom. The maximum absolute atomic E-state index is 13.2. The van der Waals surface area contributed by atoms with Crippen LogP contribution in [-0.2, 0) is 6.18 Å². The largest absolute Gasteiger partial charge is 0.434 e. The summed E-state index contributed by atoms with van der Waals surface area (Å²) in [6.45, 7) is 4.23. The molecule has 2 heterocycles. The maximum atomic E-state index is 13.2. The van der Waals surface area contributed by atoms with Crippen molar-refractivity contribution in [2.75, 3.05) is 11.9 Å². The number of guanidine groups is 1. The molecule has 1 aromatic carbocycles. The number of nitrogens with one attached hydrogen (secondary N) is 3.